The van der Waals surface area contributed by atoms with Crippen LogP contribution in [-0.4, -0.2) is 61.6 Å². The molecule has 1 aromatic carbocycles. The maximum Gasteiger partial charge on any atom is 0.233 e. The summed E-state index contributed by atoms with van der Waals surface area (Å²) >= 11 is 0. The van der Waals surface area contributed by atoms with Crippen molar-refractivity contribution in [2.24, 2.45) is 5.92 Å². The van der Waals surface area contributed by atoms with Crippen LogP contribution in [0.25, 0.3) is 0 Å². The summed E-state index contributed by atoms with van der Waals surface area (Å²) in [6.45, 7) is 6.27. The van der Waals surface area contributed by atoms with Gasteiger partial charge in [-0.3, -0.25) is 9.69 Å². The first-order valence-electron chi connectivity index (χ1n) is 9.53. The van der Waals surface area contributed by atoms with Crippen molar-refractivity contribution in [2.75, 3.05) is 45.9 Å². The second-order valence-electron chi connectivity index (χ2n) is 7.73. The van der Waals surface area contributed by atoms with Crippen molar-refractivity contribution in [3.8, 4) is 0 Å². The Labute approximate surface area is 148 Å². The number of halogens is 1. The van der Waals surface area contributed by atoms with Crippen LogP contribution in [0.15, 0.2) is 24.3 Å². The Kier molecular flexibility index (Phi) is 4.78. The highest BCUT2D eigenvalue weighted by Crippen LogP contribution is 2.50. The smallest absolute Gasteiger partial charge is 0.233 e. The van der Waals surface area contributed by atoms with Crippen LogP contribution in [0.1, 0.15) is 31.2 Å². The predicted molar refractivity (Wildman–Crippen MR) is 93.9 cm³/mol. The molecular weight excluding hydrogens is 319 g/mol. The fourth-order valence-corrected chi connectivity index (χ4v) is 4.42. The van der Waals surface area contributed by atoms with Crippen LogP contribution in [0.3, 0.4) is 0 Å². The van der Waals surface area contributed by atoms with Crippen LogP contribution < -0.4 is 0 Å². The average Bonchev–Trinajstić information content (AvgIpc) is 3.44. The van der Waals surface area contributed by atoms with Gasteiger partial charge in [-0.25, -0.2) is 4.39 Å². The number of carbonyl (C=O) groups is 1. The van der Waals surface area contributed by atoms with Gasteiger partial charge >= 0.3 is 0 Å². The molecule has 1 aliphatic carbocycles. The first kappa shape index (κ1) is 17.0. The van der Waals surface area contributed by atoms with Crippen molar-refractivity contribution in [1.82, 2.24) is 9.80 Å². The van der Waals surface area contributed by atoms with E-state index in [9.17, 15) is 9.18 Å². The minimum Gasteiger partial charge on any atom is -0.379 e. The minimum atomic E-state index is -0.591. The molecular formula is C20H27FN2O2. The summed E-state index contributed by atoms with van der Waals surface area (Å²) in [5.41, 5.74) is 0.00180. The molecule has 0 bridgehead atoms. The normalized spacial score (nSPS) is 26.4. The number of rotatable bonds is 4. The van der Waals surface area contributed by atoms with Crippen LogP contribution in [0.5, 0.6) is 0 Å². The monoisotopic (exact) mass is 346 g/mol. The summed E-state index contributed by atoms with van der Waals surface area (Å²) in [7, 11) is 0. The average molecular weight is 346 g/mol. The van der Waals surface area contributed by atoms with E-state index in [0.29, 0.717) is 11.5 Å². The zero-order valence-electron chi connectivity index (χ0n) is 14.8. The van der Waals surface area contributed by atoms with Crippen LogP contribution in [0, 0.1) is 11.7 Å². The molecule has 3 aliphatic rings. The molecule has 2 heterocycles. The molecule has 3 fully saturated rings. The lowest BCUT2D eigenvalue weighted by atomic mass is 9.91. The number of ether oxygens (including phenoxy) is 1. The Morgan fingerprint density at radius 3 is 2.68 bits per heavy atom. The van der Waals surface area contributed by atoms with Gasteiger partial charge in [-0.1, -0.05) is 18.2 Å². The zero-order chi connectivity index (χ0) is 17.3. The van der Waals surface area contributed by atoms with Crippen molar-refractivity contribution in [3.05, 3.63) is 35.6 Å². The van der Waals surface area contributed by atoms with Gasteiger partial charge in [-0.2, -0.15) is 0 Å². The van der Waals surface area contributed by atoms with Crippen molar-refractivity contribution < 1.29 is 13.9 Å². The summed E-state index contributed by atoms with van der Waals surface area (Å²) < 4.78 is 19.7. The van der Waals surface area contributed by atoms with Crippen molar-refractivity contribution in [1.29, 1.82) is 0 Å². The van der Waals surface area contributed by atoms with Crippen molar-refractivity contribution in [2.45, 2.75) is 31.1 Å². The number of morpholine rings is 1. The summed E-state index contributed by atoms with van der Waals surface area (Å²) in [4.78, 5) is 17.7. The number of likely N-dealkylation sites (tertiary alicyclic amines) is 1. The van der Waals surface area contributed by atoms with Crippen molar-refractivity contribution in [3.63, 3.8) is 0 Å². The van der Waals surface area contributed by atoms with E-state index in [-0.39, 0.29) is 11.7 Å². The topological polar surface area (TPSA) is 32.8 Å². The van der Waals surface area contributed by atoms with E-state index in [0.717, 1.165) is 65.2 Å². The van der Waals surface area contributed by atoms with Gasteiger partial charge in [-0.15, -0.1) is 0 Å². The second-order valence-corrected chi connectivity index (χ2v) is 7.73. The minimum absolute atomic E-state index is 0.143. The molecule has 1 saturated carbocycles. The largest absolute Gasteiger partial charge is 0.379 e. The zero-order valence-corrected chi connectivity index (χ0v) is 14.8. The van der Waals surface area contributed by atoms with E-state index < -0.39 is 5.41 Å². The highest BCUT2D eigenvalue weighted by Gasteiger charge is 2.54. The lowest BCUT2D eigenvalue weighted by molar-refractivity contribution is -0.136. The summed E-state index contributed by atoms with van der Waals surface area (Å²) in [6.07, 6.45) is 3.77. The SMILES string of the molecule is O=C(N1CCC[C@H](CN2CCOCC2)C1)C1(c2ccccc2F)CC1. The molecule has 2 saturated heterocycles. The molecule has 4 rings (SSSR count). The molecule has 0 N–H and O–H groups in total. The summed E-state index contributed by atoms with van der Waals surface area (Å²) in [5, 5.41) is 0. The van der Waals surface area contributed by atoms with Crippen LogP contribution in [-0.2, 0) is 14.9 Å². The maximum absolute atomic E-state index is 14.2. The third-order valence-electron chi connectivity index (χ3n) is 5.98. The van der Waals surface area contributed by atoms with Gasteiger partial charge in [0, 0.05) is 38.3 Å². The molecule has 0 unspecified atom stereocenters. The van der Waals surface area contributed by atoms with Gasteiger partial charge in [0.2, 0.25) is 5.91 Å². The Morgan fingerprint density at radius 2 is 1.96 bits per heavy atom. The lowest BCUT2D eigenvalue weighted by Crippen LogP contribution is -2.48. The van der Waals surface area contributed by atoms with Gasteiger partial charge in [-0.05, 0) is 37.7 Å². The molecule has 4 nitrogen and oxygen atoms in total. The number of nitrogens with zero attached hydrogens (tertiary/aromatic N) is 2. The van der Waals surface area contributed by atoms with E-state index >= 15 is 0 Å². The number of amides is 1. The number of piperidine rings is 1. The number of hydrogen-bond acceptors (Lipinski definition) is 3. The van der Waals surface area contributed by atoms with Gasteiger partial charge in [0.15, 0.2) is 0 Å². The van der Waals surface area contributed by atoms with E-state index in [4.69, 9.17) is 4.74 Å². The molecule has 2 aliphatic heterocycles. The molecule has 1 aromatic rings. The highest BCUT2D eigenvalue weighted by molar-refractivity contribution is 5.91. The molecule has 1 atom stereocenters. The van der Waals surface area contributed by atoms with E-state index in [1.807, 2.05) is 11.0 Å². The molecule has 1 amide bonds. The predicted octanol–water partition coefficient (Wildman–Crippen LogP) is 2.43. The summed E-state index contributed by atoms with van der Waals surface area (Å²) in [5.74, 6) is 0.423. The van der Waals surface area contributed by atoms with E-state index in [1.165, 1.54) is 12.5 Å². The second kappa shape index (κ2) is 7.04. The fourth-order valence-electron chi connectivity index (χ4n) is 4.42. The molecule has 0 aromatic heterocycles. The van der Waals surface area contributed by atoms with Crippen LogP contribution in [0.4, 0.5) is 4.39 Å². The summed E-state index contributed by atoms with van der Waals surface area (Å²) in [6, 6.07) is 6.79. The van der Waals surface area contributed by atoms with E-state index in [1.54, 1.807) is 12.1 Å². The van der Waals surface area contributed by atoms with Crippen LogP contribution in [0.2, 0.25) is 0 Å². The Bertz CT molecular complexity index is 626. The number of hydrogen-bond donors (Lipinski definition) is 0. The third-order valence-corrected chi connectivity index (χ3v) is 5.98. The lowest BCUT2D eigenvalue weighted by Gasteiger charge is -2.38. The molecule has 136 valence electrons. The Morgan fingerprint density at radius 1 is 1.20 bits per heavy atom. The van der Waals surface area contributed by atoms with Gasteiger partial charge in [0.05, 0.1) is 18.6 Å². The van der Waals surface area contributed by atoms with Crippen molar-refractivity contribution >= 4 is 5.91 Å². The Balaban J connectivity index is 1.42. The Hall–Kier alpha value is -1.46. The standard InChI is InChI=1S/C20H27FN2O2/c21-18-6-2-1-5-17(18)20(7-8-20)19(24)23-9-3-4-16(15-23)14-22-10-12-25-13-11-22/h1-2,5-6,16H,3-4,7-15H2/t16-/m1/s1. The first-order valence-corrected chi connectivity index (χ1v) is 9.53. The van der Waals surface area contributed by atoms with Crippen LogP contribution >= 0.6 is 0 Å². The first-order chi connectivity index (χ1) is 12.2. The fraction of sp³-hybridized carbons (Fsp3) is 0.650. The molecule has 0 radical (unpaired) electrons. The third kappa shape index (κ3) is 3.44. The molecule has 0 spiro atoms. The quantitative estimate of drug-likeness (QED) is 0.839. The highest BCUT2D eigenvalue weighted by atomic mass is 19.1. The number of benzene rings is 1. The van der Waals surface area contributed by atoms with E-state index in [2.05, 4.69) is 4.90 Å². The van der Waals surface area contributed by atoms with Gasteiger partial charge in [0.25, 0.3) is 0 Å². The molecule has 5 heteroatoms. The van der Waals surface area contributed by atoms with Gasteiger partial charge < -0.3 is 9.64 Å². The maximum atomic E-state index is 14.2. The molecule has 25 heavy (non-hydrogen) atoms. The number of carbonyl (C=O) groups excluding carboxylic acids is 1. The van der Waals surface area contributed by atoms with Gasteiger partial charge in [0.1, 0.15) is 5.82 Å².